The first-order valence-electron chi connectivity index (χ1n) is 5.57. The number of rotatable bonds is 2. The zero-order chi connectivity index (χ0) is 14.0. The van der Waals surface area contributed by atoms with Crippen molar-refractivity contribution in [2.24, 2.45) is 0 Å². The molecule has 0 aliphatic carbocycles. The number of aryl methyl sites for hydroxylation is 1. The van der Waals surface area contributed by atoms with E-state index >= 15 is 0 Å². The summed E-state index contributed by atoms with van der Waals surface area (Å²) < 4.78 is 13.3. The molecule has 0 heterocycles. The molecule has 5 heteroatoms. The van der Waals surface area contributed by atoms with Crippen molar-refractivity contribution < 1.29 is 19.4 Å². The Balaban J connectivity index is 2.20. The fourth-order valence-corrected chi connectivity index (χ4v) is 1.54. The van der Waals surface area contributed by atoms with E-state index in [-0.39, 0.29) is 17.1 Å². The summed E-state index contributed by atoms with van der Waals surface area (Å²) in [4.78, 5) is 11.8. The van der Waals surface area contributed by atoms with Crippen LogP contribution >= 0.6 is 0 Å². The van der Waals surface area contributed by atoms with Crippen LogP contribution in [0.1, 0.15) is 15.9 Å². The topological polar surface area (TPSA) is 69.6 Å². The smallest absolute Gasteiger partial charge is 0.255 e. The number of hydrogen-bond acceptors (Lipinski definition) is 3. The molecule has 3 N–H and O–H groups in total. The van der Waals surface area contributed by atoms with Gasteiger partial charge in [0.2, 0.25) is 0 Å². The first-order chi connectivity index (χ1) is 8.97. The SMILES string of the molecule is Cc1ccc(NC(=O)c2ccc(O)c(O)c2)cc1F. The van der Waals surface area contributed by atoms with E-state index in [4.69, 9.17) is 5.11 Å². The molecule has 98 valence electrons. The van der Waals surface area contributed by atoms with E-state index in [9.17, 15) is 14.3 Å². The second kappa shape index (κ2) is 4.97. The highest BCUT2D eigenvalue weighted by molar-refractivity contribution is 6.04. The van der Waals surface area contributed by atoms with Gasteiger partial charge in [0.05, 0.1) is 0 Å². The monoisotopic (exact) mass is 261 g/mol. The van der Waals surface area contributed by atoms with Crippen LogP contribution in [0.25, 0.3) is 0 Å². The number of anilines is 1. The number of carbonyl (C=O) groups excluding carboxylic acids is 1. The number of phenols is 2. The molecule has 0 aliphatic rings. The number of benzene rings is 2. The van der Waals surface area contributed by atoms with Gasteiger partial charge in [-0.15, -0.1) is 0 Å². The third-order valence-corrected chi connectivity index (χ3v) is 2.67. The molecule has 0 saturated heterocycles. The predicted molar refractivity (Wildman–Crippen MR) is 68.9 cm³/mol. The molecule has 0 fully saturated rings. The fourth-order valence-electron chi connectivity index (χ4n) is 1.54. The van der Waals surface area contributed by atoms with Crippen molar-refractivity contribution in [3.63, 3.8) is 0 Å². The number of hydrogen-bond donors (Lipinski definition) is 3. The van der Waals surface area contributed by atoms with E-state index in [2.05, 4.69) is 5.32 Å². The molecule has 0 unspecified atom stereocenters. The van der Waals surface area contributed by atoms with E-state index in [1.54, 1.807) is 19.1 Å². The molecule has 0 aliphatic heterocycles. The molecule has 0 bridgehead atoms. The Bertz CT molecular complexity index is 641. The molecule has 1 amide bonds. The minimum atomic E-state index is -0.501. The average molecular weight is 261 g/mol. The van der Waals surface area contributed by atoms with Crippen molar-refractivity contribution in [3.8, 4) is 11.5 Å². The van der Waals surface area contributed by atoms with Crippen molar-refractivity contribution in [1.29, 1.82) is 0 Å². The Hall–Kier alpha value is -2.56. The second-order valence-corrected chi connectivity index (χ2v) is 4.12. The van der Waals surface area contributed by atoms with Crippen LogP contribution in [0, 0.1) is 12.7 Å². The first-order valence-corrected chi connectivity index (χ1v) is 5.57. The number of aromatic hydroxyl groups is 2. The van der Waals surface area contributed by atoms with Gasteiger partial charge < -0.3 is 15.5 Å². The van der Waals surface area contributed by atoms with Crippen molar-refractivity contribution >= 4 is 11.6 Å². The lowest BCUT2D eigenvalue weighted by atomic mass is 10.1. The Morgan fingerprint density at radius 3 is 2.47 bits per heavy atom. The maximum atomic E-state index is 13.3. The van der Waals surface area contributed by atoms with Crippen LogP contribution in [0.4, 0.5) is 10.1 Å². The van der Waals surface area contributed by atoms with Crippen LogP contribution < -0.4 is 5.32 Å². The number of carbonyl (C=O) groups is 1. The minimum absolute atomic E-state index is 0.163. The van der Waals surface area contributed by atoms with E-state index in [0.717, 1.165) is 6.07 Å². The van der Waals surface area contributed by atoms with Gasteiger partial charge in [0.1, 0.15) is 5.82 Å². The fraction of sp³-hybridized carbons (Fsp3) is 0.0714. The maximum Gasteiger partial charge on any atom is 0.255 e. The van der Waals surface area contributed by atoms with E-state index in [0.29, 0.717) is 11.3 Å². The quantitative estimate of drug-likeness (QED) is 0.728. The molecule has 0 radical (unpaired) electrons. The number of halogens is 1. The Morgan fingerprint density at radius 1 is 1.11 bits per heavy atom. The van der Waals surface area contributed by atoms with Gasteiger partial charge in [-0.05, 0) is 42.8 Å². The summed E-state index contributed by atoms with van der Waals surface area (Å²) in [5.41, 5.74) is 0.970. The summed E-state index contributed by atoms with van der Waals surface area (Å²) in [7, 11) is 0. The van der Waals surface area contributed by atoms with E-state index in [1.807, 2.05) is 0 Å². The lowest BCUT2D eigenvalue weighted by molar-refractivity contribution is 0.102. The van der Waals surface area contributed by atoms with E-state index in [1.165, 1.54) is 18.2 Å². The number of phenolic OH excluding ortho intramolecular Hbond substituents is 2. The summed E-state index contributed by atoms with van der Waals surface area (Å²) >= 11 is 0. The Labute approximate surface area is 109 Å². The van der Waals surface area contributed by atoms with E-state index < -0.39 is 11.7 Å². The highest BCUT2D eigenvalue weighted by atomic mass is 19.1. The largest absolute Gasteiger partial charge is 0.504 e. The van der Waals surface area contributed by atoms with Gasteiger partial charge in [-0.2, -0.15) is 0 Å². The molecular weight excluding hydrogens is 249 g/mol. The maximum absolute atomic E-state index is 13.3. The van der Waals surface area contributed by atoms with Gasteiger partial charge >= 0.3 is 0 Å². The van der Waals surface area contributed by atoms with Crippen LogP contribution in [-0.4, -0.2) is 16.1 Å². The van der Waals surface area contributed by atoms with Crippen LogP contribution in [0.2, 0.25) is 0 Å². The number of nitrogens with one attached hydrogen (secondary N) is 1. The van der Waals surface area contributed by atoms with Crippen molar-refractivity contribution in [2.45, 2.75) is 6.92 Å². The number of amides is 1. The minimum Gasteiger partial charge on any atom is -0.504 e. The van der Waals surface area contributed by atoms with Crippen LogP contribution in [0.5, 0.6) is 11.5 Å². The summed E-state index contributed by atoms with van der Waals surface area (Å²) in [6.07, 6.45) is 0. The lowest BCUT2D eigenvalue weighted by Crippen LogP contribution is -2.11. The van der Waals surface area contributed by atoms with Crippen LogP contribution in [-0.2, 0) is 0 Å². The van der Waals surface area contributed by atoms with Gasteiger partial charge in [-0.3, -0.25) is 4.79 Å². The van der Waals surface area contributed by atoms with Crippen LogP contribution in [0.15, 0.2) is 36.4 Å². The molecule has 0 aromatic heterocycles. The molecular formula is C14H12FNO3. The van der Waals surface area contributed by atoms with Gasteiger partial charge in [0.15, 0.2) is 11.5 Å². The predicted octanol–water partition coefficient (Wildman–Crippen LogP) is 2.80. The second-order valence-electron chi connectivity index (χ2n) is 4.12. The van der Waals surface area contributed by atoms with Gasteiger partial charge in [-0.1, -0.05) is 6.07 Å². The molecule has 2 aromatic rings. The van der Waals surface area contributed by atoms with Gasteiger partial charge in [0.25, 0.3) is 5.91 Å². The van der Waals surface area contributed by atoms with Crippen molar-refractivity contribution in [1.82, 2.24) is 0 Å². The molecule has 0 saturated carbocycles. The molecule has 0 spiro atoms. The zero-order valence-electron chi connectivity index (χ0n) is 10.1. The molecule has 19 heavy (non-hydrogen) atoms. The Kier molecular flexibility index (Phi) is 3.37. The molecule has 0 atom stereocenters. The first kappa shape index (κ1) is 12.9. The third kappa shape index (κ3) is 2.82. The third-order valence-electron chi connectivity index (χ3n) is 2.67. The summed E-state index contributed by atoms with van der Waals surface area (Å²) in [5.74, 6) is -1.61. The van der Waals surface area contributed by atoms with Gasteiger partial charge in [-0.25, -0.2) is 4.39 Å². The zero-order valence-corrected chi connectivity index (χ0v) is 10.1. The molecule has 2 rings (SSSR count). The highest BCUT2D eigenvalue weighted by Gasteiger charge is 2.10. The normalized spacial score (nSPS) is 10.2. The molecule has 4 nitrogen and oxygen atoms in total. The molecule has 2 aromatic carbocycles. The summed E-state index contributed by atoms with van der Waals surface area (Å²) in [6.45, 7) is 1.62. The average Bonchev–Trinajstić information content (AvgIpc) is 2.37. The van der Waals surface area contributed by atoms with Gasteiger partial charge in [0, 0.05) is 11.3 Å². The van der Waals surface area contributed by atoms with Crippen LogP contribution in [0.3, 0.4) is 0 Å². The highest BCUT2D eigenvalue weighted by Crippen LogP contribution is 2.25. The Morgan fingerprint density at radius 2 is 1.84 bits per heavy atom. The van der Waals surface area contributed by atoms with Crippen molar-refractivity contribution in [3.05, 3.63) is 53.3 Å². The lowest BCUT2D eigenvalue weighted by Gasteiger charge is -2.07. The van der Waals surface area contributed by atoms with Crippen molar-refractivity contribution in [2.75, 3.05) is 5.32 Å². The summed E-state index contributed by atoms with van der Waals surface area (Å²) in [6, 6.07) is 8.05. The standard InChI is InChI=1S/C14H12FNO3/c1-8-2-4-10(7-11(8)15)16-14(19)9-3-5-12(17)13(18)6-9/h2-7,17-18H,1H3,(H,16,19). The summed E-state index contributed by atoms with van der Waals surface area (Å²) in [5, 5.41) is 21.0.